The lowest BCUT2D eigenvalue weighted by Gasteiger charge is -2.28. The highest BCUT2D eigenvalue weighted by molar-refractivity contribution is 5.96. The zero-order chi connectivity index (χ0) is 16.2. The molecule has 0 heterocycles. The van der Waals surface area contributed by atoms with Gasteiger partial charge in [0.25, 0.3) is 0 Å². The fourth-order valence-electron chi connectivity index (χ4n) is 2.56. The number of rotatable bonds is 8. The molecule has 1 atom stereocenters. The molecule has 0 spiro atoms. The third-order valence-corrected chi connectivity index (χ3v) is 4.21. The summed E-state index contributed by atoms with van der Waals surface area (Å²) < 4.78 is 12.8. The summed E-state index contributed by atoms with van der Waals surface area (Å²) in [6, 6.07) is 5.41. The molecule has 0 bridgehead atoms. The van der Waals surface area contributed by atoms with Gasteiger partial charge in [-0.25, -0.2) is 4.39 Å². The molecule has 120 valence electrons. The third-order valence-electron chi connectivity index (χ3n) is 4.21. The number of benzene rings is 1. The van der Waals surface area contributed by atoms with Crippen LogP contribution < -0.4 is 5.32 Å². The molecule has 1 unspecified atom stereocenters. The van der Waals surface area contributed by atoms with Crippen molar-refractivity contribution in [3.05, 3.63) is 35.6 Å². The quantitative estimate of drug-likeness (QED) is 0.725. The van der Waals surface area contributed by atoms with E-state index in [1.165, 1.54) is 24.3 Å². The molecule has 1 aliphatic carbocycles. The Labute approximate surface area is 129 Å². The summed E-state index contributed by atoms with van der Waals surface area (Å²) in [6.07, 6.45) is 2.99. The van der Waals surface area contributed by atoms with Gasteiger partial charge in [0.15, 0.2) is 5.78 Å². The lowest BCUT2D eigenvalue weighted by Crippen LogP contribution is -2.50. The molecule has 0 aliphatic heterocycles. The first kappa shape index (κ1) is 16.6. The Morgan fingerprint density at radius 3 is 2.45 bits per heavy atom. The van der Waals surface area contributed by atoms with Crippen LogP contribution in [0, 0.1) is 11.7 Å². The molecule has 2 N–H and O–H groups in total. The van der Waals surface area contributed by atoms with E-state index in [1.54, 1.807) is 0 Å². The van der Waals surface area contributed by atoms with E-state index in [0.29, 0.717) is 17.9 Å². The highest BCUT2D eigenvalue weighted by atomic mass is 19.1. The lowest BCUT2D eigenvalue weighted by atomic mass is 9.96. The molecule has 1 fully saturated rings. The van der Waals surface area contributed by atoms with Crippen LogP contribution >= 0.6 is 0 Å². The number of ketones is 1. The lowest BCUT2D eigenvalue weighted by molar-refractivity contribution is -0.123. The Morgan fingerprint density at radius 2 is 1.91 bits per heavy atom. The molecule has 1 amide bonds. The molecule has 1 aromatic carbocycles. The van der Waals surface area contributed by atoms with Crippen LogP contribution in [0.15, 0.2) is 24.3 Å². The highest BCUT2D eigenvalue weighted by Gasteiger charge is 2.41. The van der Waals surface area contributed by atoms with Gasteiger partial charge in [0, 0.05) is 18.4 Å². The molecule has 1 aromatic rings. The van der Waals surface area contributed by atoms with Crippen molar-refractivity contribution in [2.45, 2.75) is 44.6 Å². The van der Waals surface area contributed by atoms with Gasteiger partial charge in [-0.2, -0.15) is 0 Å². The predicted octanol–water partition coefficient (Wildman–Crippen LogP) is 2.46. The summed E-state index contributed by atoms with van der Waals surface area (Å²) in [7, 11) is 0. The number of aliphatic hydroxyl groups is 1. The van der Waals surface area contributed by atoms with E-state index in [-0.39, 0.29) is 37.0 Å². The molecule has 22 heavy (non-hydrogen) atoms. The molecule has 2 rings (SSSR count). The van der Waals surface area contributed by atoms with E-state index in [0.717, 1.165) is 12.8 Å². The number of nitrogens with one attached hydrogen (secondary N) is 1. The zero-order valence-corrected chi connectivity index (χ0v) is 12.8. The van der Waals surface area contributed by atoms with Crippen LogP contribution in [0.3, 0.4) is 0 Å². The Hall–Kier alpha value is -1.75. The first-order chi connectivity index (χ1) is 10.4. The largest absolute Gasteiger partial charge is 0.394 e. The molecule has 0 saturated heterocycles. The van der Waals surface area contributed by atoms with Gasteiger partial charge in [0.05, 0.1) is 12.1 Å². The van der Waals surface area contributed by atoms with Gasteiger partial charge < -0.3 is 10.4 Å². The van der Waals surface area contributed by atoms with Crippen LogP contribution in [0.2, 0.25) is 0 Å². The van der Waals surface area contributed by atoms with Crippen LogP contribution in [-0.2, 0) is 4.79 Å². The molecular formula is C17H22FNO3. The number of carbonyl (C=O) groups excluding carboxylic acids is 2. The SMILES string of the molecule is CC(CO)(NC(=O)CCCC(=O)c1ccc(F)cc1)C1CC1. The van der Waals surface area contributed by atoms with Crippen molar-refractivity contribution < 1.29 is 19.1 Å². The van der Waals surface area contributed by atoms with Crippen molar-refractivity contribution in [2.24, 2.45) is 5.92 Å². The van der Waals surface area contributed by atoms with Crippen molar-refractivity contribution in [1.29, 1.82) is 0 Å². The van der Waals surface area contributed by atoms with Gasteiger partial charge in [-0.1, -0.05) is 0 Å². The summed E-state index contributed by atoms with van der Waals surface area (Å²) >= 11 is 0. The molecule has 5 heteroatoms. The number of aliphatic hydroxyl groups excluding tert-OH is 1. The van der Waals surface area contributed by atoms with Crippen LogP contribution in [-0.4, -0.2) is 28.9 Å². The summed E-state index contributed by atoms with van der Waals surface area (Å²) in [5.41, 5.74) is -0.0853. The van der Waals surface area contributed by atoms with Crippen LogP contribution in [0.4, 0.5) is 4.39 Å². The second-order valence-electron chi connectivity index (χ2n) is 6.18. The van der Waals surface area contributed by atoms with Crippen molar-refractivity contribution in [2.75, 3.05) is 6.61 Å². The Balaban J connectivity index is 1.74. The van der Waals surface area contributed by atoms with Gasteiger partial charge in [-0.3, -0.25) is 9.59 Å². The summed E-state index contributed by atoms with van der Waals surface area (Å²) in [6.45, 7) is 1.78. The van der Waals surface area contributed by atoms with Gasteiger partial charge in [-0.15, -0.1) is 0 Å². The molecule has 4 nitrogen and oxygen atoms in total. The number of Topliss-reactive ketones (excluding diaryl/α,β-unsaturated/α-hetero) is 1. The zero-order valence-electron chi connectivity index (χ0n) is 12.8. The second-order valence-corrected chi connectivity index (χ2v) is 6.18. The number of carbonyl (C=O) groups is 2. The van der Waals surface area contributed by atoms with Gasteiger partial charge in [0.1, 0.15) is 5.82 Å². The molecule has 1 aliphatic rings. The second kappa shape index (κ2) is 7.01. The van der Waals surface area contributed by atoms with Crippen molar-refractivity contribution in [3.8, 4) is 0 Å². The number of hydrogen-bond acceptors (Lipinski definition) is 3. The molecular weight excluding hydrogens is 285 g/mol. The predicted molar refractivity (Wildman–Crippen MR) is 80.9 cm³/mol. The normalized spacial score (nSPS) is 16.9. The number of amides is 1. The minimum Gasteiger partial charge on any atom is -0.394 e. The minimum absolute atomic E-state index is 0.0715. The summed E-state index contributed by atoms with van der Waals surface area (Å²) in [5, 5.41) is 12.3. The van der Waals surface area contributed by atoms with E-state index >= 15 is 0 Å². The van der Waals surface area contributed by atoms with E-state index < -0.39 is 5.54 Å². The fourth-order valence-corrected chi connectivity index (χ4v) is 2.56. The maximum Gasteiger partial charge on any atom is 0.220 e. The van der Waals surface area contributed by atoms with E-state index in [2.05, 4.69) is 5.32 Å². The fraction of sp³-hybridized carbons (Fsp3) is 0.529. The minimum atomic E-state index is -0.544. The summed E-state index contributed by atoms with van der Waals surface area (Å²) in [4.78, 5) is 23.8. The van der Waals surface area contributed by atoms with E-state index in [9.17, 15) is 19.1 Å². The average molecular weight is 307 g/mol. The van der Waals surface area contributed by atoms with E-state index in [1.807, 2.05) is 6.92 Å². The first-order valence-electron chi connectivity index (χ1n) is 7.65. The third kappa shape index (κ3) is 4.37. The van der Waals surface area contributed by atoms with E-state index in [4.69, 9.17) is 0 Å². The van der Waals surface area contributed by atoms with Crippen molar-refractivity contribution in [3.63, 3.8) is 0 Å². The Morgan fingerprint density at radius 1 is 1.27 bits per heavy atom. The maximum absolute atomic E-state index is 12.8. The monoisotopic (exact) mass is 307 g/mol. The first-order valence-corrected chi connectivity index (χ1v) is 7.65. The standard InChI is InChI=1S/C17H22FNO3/c1-17(11-20,13-7-8-13)19-16(22)4-2-3-15(21)12-5-9-14(18)10-6-12/h5-6,9-10,13,20H,2-4,7-8,11H2,1H3,(H,19,22). The van der Waals surface area contributed by atoms with Crippen LogP contribution in [0.1, 0.15) is 49.4 Å². The number of hydrogen-bond donors (Lipinski definition) is 2. The number of halogens is 1. The van der Waals surface area contributed by atoms with Crippen molar-refractivity contribution >= 4 is 11.7 Å². The summed E-state index contributed by atoms with van der Waals surface area (Å²) in [5.74, 6) is -0.267. The smallest absolute Gasteiger partial charge is 0.220 e. The van der Waals surface area contributed by atoms with Crippen molar-refractivity contribution in [1.82, 2.24) is 5.32 Å². The van der Waals surface area contributed by atoms with Gasteiger partial charge >= 0.3 is 0 Å². The van der Waals surface area contributed by atoms with Crippen LogP contribution in [0.25, 0.3) is 0 Å². The van der Waals surface area contributed by atoms with Gasteiger partial charge in [0.2, 0.25) is 5.91 Å². The Kier molecular flexibility index (Phi) is 5.29. The maximum atomic E-state index is 12.8. The Bertz CT molecular complexity index is 539. The molecule has 1 saturated carbocycles. The molecule has 0 radical (unpaired) electrons. The van der Waals surface area contributed by atoms with Gasteiger partial charge in [-0.05, 0) is 56.4 Å². The topological polar surface area (TPSA) is 66.4 Å². The molecule has 0 aromatic heterocycles. The highest BCUT2D eigenvalue weighted by Crippen LogP contribution is 2.39. The average Bonchev–Trinajstić information content (AvgIpc) is 3.32. The van der Waals surface area contributed by atoms with Crippen LogP contribution in [0.5, 0.6) is 0 Å².